The van der Waals surface area contributed by atoms with Crippen LogP contribution in [-0.2, 0) is 11.2 Å². The molecule has 0 aromatic heterocycles. The lowest BCUT2D eigenvalue weighted by atomic mass is 10.1. The van der Waals surface area contributed by atoms with Crippen LogP contribution in [0.1, 0.15) is 25.3 Å². The van der Waals surface area contributed by atoms with E-state index in [-0.39, 0.29) is 11.4 Å². The molecule has 0 fully saturated rings. The van der Waals surface area contributed by atoms with Crippen molar-refractivity contribution in [3.05, 3.63) is 35.9 Å². The van der Waals surface area contributed by atoms with Gasteiger partial charge in [-0.3, -0.25) is 9.69 Å². The van der Waals surface area contributed by atoms with E-state index in [0.717, 1.165) is 18.9 Å². The SMILES string of the molecule is CC(=O)N(CCCCc1ccccc1)C(F)(F)F. The Morgan fingerprint density at radius 3 is 2.28 bits per heavy atom. The fourth-order valence-corrected chi connectivity index (χ4v) is 1.71. The van der Waals surface area contributed by atoms with Gasteiger partial charge in [-0.15, -0.1) is 13.2 Å². The first-order valence-electron chi connectivity index (χ1n) is 5.80. The lowest BCUT2D eigenvalue weighted by Gasteiger charge is -2.23. The molecule has 1 rings (SSSR count). The first-order valence-corrected chi connectivity index (χ1v) is 5.80. The molecule has 18 heavy (non-hydrogen) atoms. The molecule has 0 unspecified atom stereocenters. The molecule has 0 aliphatic rings. The van der Waals surface area contributed by atoms with Crippen molar-refractivity contribution in [2.45, 2.75) is 32.5 Å². The summed E-state index contributed by atoms with van der Waals surface area (Å²) in [6.45, 7) is 0.663. The fraction of sp³-hybridized carbons (Fsp3) is 0.462. The van der Waals surface area contributed by atoms with Crippen molar-refractivity contribution in [2.24, 2.45) is 0 Å². The van der Waals surface area contributed by atoms with Crippen LogP contribution >= 0.6 is 0 Å². The molecule has 0 spiro atoms. The minimum atomic E-state index is -4.57. The molecule has 2 nitrogen and oxygen atoms in total. The predicted molar refractivity (Wildman–Crippen MR) is 62.8 cm³/mol. The summed E-state index contributed by atoms with van der Waals surface area (Å²) in [5.74, 6) is -0.956. The lowest BCUT2D eigenvalue weighted by Crippen LogP contribution is -2.42. The summed E-state index contributed by atoms with van der Waals surface area (Å²) in [5.41, 5.74) is 1.10. The van der Waals surface area contributed by atoms with Gasteiger partial charge < -0.3 is 0 Å². The number of rotatable bonds is 5. The van der Waals surface area contributed by atoms with Gasteiger partial charge in [-0.1, -0.05) is 30.3 Å². The zero-order valence-electron chi connectivity index (χ0n) is 10.2. The number of hydrogen-bond donors (Lipinski definition) is 0. The van der Waals surface area contributed by atoms with Gasteiger partial charge in [-0.05, 0) is 24.8 Å². The van der Waals surface area contributed by atoms with Crippen LogP contribution in [0.15, 0.2) is 30.3 Å². The number of carbonyl (C=O) groups excluding carboxylic acids is 1. The largest absolute Gasteiger partial charge is 0.487 e. The topological polar surface area (TPSA) is 20.3 Å². The summed E-state index contributed by atoms with van der Waals surface area (Å²) >= 11 is 0. The molecule has 0 saturated carbocycles. The molecule has 1 aromatic carbocycles. The standard InChI is InChI=1S/C13H16F3NO/c1-11(18)17(13(14,15)16)10-6-5-9-12-7-3-2-4-8-12/h2-4,7-8H,5-6,9-10H2,1H3. The zero-order valence-corrected chi connectivity index (χ0v) is 10.2. The molecule has 1 aromatic rings. The number of nitrogens with zero attached hydrogens (tertiary/aromatic N) is 1. The Hall–Kier alpha value is -1.52. The van der Waals surface area contributed by atoms with Gasteiger partial charge in [0, 0.05) is 13.5 Å². The minimum Gasteiger partial charge on any atom is -0.275 e. The van der Waals surface area contributed by atoms with Crippen LogP contribution < -0.4 is 0 Å². The van der Waals surface area contributed by atoms with Gasteiger partial charge in [0.1, 0.15) is 0 Å². The van der Waals surface area contributed by atoms with Gasteiger partial charge in [-0.2, -0.15) is 0 Å². The Morgan fingerprint density at radius 1 is 1.17 bits per heavy atom. The van der Waals surface area contributed by atoms with E-state index >= 15 is 0 Å². The predicted octanol–water partition coefficient (Wildman–Crippen LogP) is 3.38. The maximum atomic E-state index is 12.4. The van der Waals surface area contributed by atoms with Crippen LogP contribution in [0, 0.1) is 0 Å². The third-order valence-electron chi connectivity index (χ3n) is 2.63. The van der Waals surface area contributed by atoms with E-state index in [2.05, 4.69) is 0 Å². The normalized spacial score (nSPS) is 11.3. The number of amides is 1. The van der Waals surface area contributed by atoms with E-state index in [1.54, 1.807) is 0 Å². The molecule has 100 valence electrons. The Bertz CT molecular complexity index is 376. The summed E-state index contributed by atoms with van der Waals surface area (Å²) < 4.78 is 37.3. The summed E-state index contributed by atoms with van der Waals surface area (Å²) in [7, 11) is 0. The highest BCUT2D eigenvalue weighted by atomic mass is 19.4. The minimum absolute atomic E-state index is 0.0437. The van der Waals surface area contributed by atoms with Crippen molar-refractivity contribution in [1.82, 2.24) is 4.90 Å². The molecule has 0 heterocycles. The molecule has 0 aliphatic heterocycles. The Balaban J connectivity index is 2.34. The molecule has 0 radical (unpaired) electrons. The van der Waals surface area contributed by atoms with Gasteiger partial charge in [-0.25, -0.2) is 0 Å². The number of alkyl halides is 3. The highest BCUT2D eigenvalue weighted by Crippen LogP contribution is 2.21. The molecule has 0 aliphatic carbocycles. The highest BCUT2D eigenvalue weighted by molar-refractivity contribution is 5.73. The highest BCUT2D eigenvalue weighted by Gasteiger charge is 2.38. The van der Waals surface area contributed by atoms with Crippen molar-refractivity contribution in [3.63, 3.8) is 0 Å². The molecule has 0 N–H and O–H groups in total. The first-order chi connectivity index (χ1) is 8.41. The summed E-state index contributed by atoms with van der Waals surface area (Å²) in [6, 6.07) is 9.56. The zero-order chi connectivity index (χ0) is 13.6. The summed E-state index contributed by atoms with van der Waals surface area (Å²) in [5, 5.41) is 0. The second-order valence-corrected chi connectivity index (χ2v) is 4.08. The number of halogens is 3. The third-order valence-corrected chi connectivity index (χ3v) is 2.63. The van der Waals surface area contributed by atoms with E-state index in [9.17, 15) is 18.0 Å². The molecule has 1 amide bonds. The van der Waals surface area contributed by atoms with Crippen molar-refractivity contribution in [2.75, 3.05) is 6.54 Å². The van der Waals surface area contributed by atoms with Crippen molar-refractivity contribution in [3.8, 4) is 0 Å². The maximum Gasteiger partial charge on any atom is 0.487 e. The average Bonchev–Trinajstić information content (AvgIpc) is 2.27. The molecule has 0 atom stereocenters. The van der Waals surface area contributed by atoms with E-state index < -0.39 is 12.2 Å². The molecule has 0 bridgehead atoms. The van der Waals surface area contributed by atoms with Gasteiger partial charge >= 0.3 is 6.30 Å². The van der Waals surface area contributed by atoms with Crippen LogP contribution in [0.3, 0.4) is 0 Å². The fourth-order valence-electron chi connectivity index (χ4n) is 1.71. The lowest BCUT2D eigenvalue weighted by molar-refractivity contribution is -0.239. The number of carbonyl (C=O) groups is 1. The smallest absolute Gasteiger partial charge is 0.275 e. The number of unbranched alkanes of at least 4 members (excludes halogenated alkanes) is 1. The van der Waals surface area contributed by atoms with Gasteiger partial charge in [0.25, 0.3) is 0 Å². The van der Waals surface area contributed by atoms with E-state index in [1.807, 2.05) is 30.3 Å². The first kappa shape index (κ1) is 14.5. The monoisotopic (exact) mass is 259 g/mol. The maximum absolute atomic E-state index is 12.4. The Morgan fingerprint density at radius 2 is 1.78 bits per heavy atom. The van der Waals surface area contributed by atoms with Crippen molar-refractivity contribution >= 4 is 5.91 Å². The molecular formula is C13H16F3NO. The van der Waals surface area contributed by atoms with E-state index in [0.29, 0.717) is 12.8 Å². The van der Waals surface area contributed by atoms with Crippen molar-refractivity contribution < 1.29 is 18.0 Å². The quantitative estimate of drug-likeness (QED) is 0.586. The van der Waals surface area contributed by atoms with Gasteiger partial charge in [0.15, 0.2) is 0 Å². The molecular weight excluding hydrogens is 243 g/mol. The number of aryl methyl sites for hydroxylation is 1. The Labute approximate surface area is 104 Å². The van der Waals surface area contributed by atoms with Crippen molar-refractivity contribution in [1.29, 1.82) is 0 Å². The van der Waals surface area contributed by atoms with Crippen LogP contribution in [0.2, 0.25) is 0 Å². The summed E-state index contributed by atoms with van der Waals surface area (Å²) in [4.78, 5) is 10.8. The van der Waals surface area contributed by atoms with Gasteiger partial charge in [0.2, 0.25) is 5.91 Å². The van der Waals surface area contributed by atoms with Crippen LogP contribution in [0.25, 0.3) is 0 Å². The number of benzene rings is 1. The summed E-state index contributed by atoms with van der Waals surface area (Å²) in [6.07, 6.45) is -2.87. The van der Waals surface area contributed by atoms with Gasteiger partial charge in [0.05, 0.1) is 0 Å². The van der Waals surface area contributed by atoms with E-state index in [1.165, 1.54) is 0 Å². The van der Waals surface area contributed by atoms with Crippen LogP contribution in [-0.4, -0.2) is 23.7 Å². The second-order valence-electron chi connectivity index (χ2n) is 4.08. The van der Waals surface area contributed by atoms with Crippen LogP contribution in [0.5, 0.6) is 0 Å². The average molecular weight is 259 g/mol. The third kappa shape index (κ3) is 4.77. The second kappa shape index (κ2) is 6.42. The molecule has 0 saturated heterocycles. The van der Waals surface area contributed by atoms with E-state index in [4.69, 9.17) is 0 Å². The molecule has 5 heteroatoms. The Kier molecular flexibility index (Phi) is 5.19. The van der Waals surface area contributed by atoms with Crippen LogP contribution in [0.4, 0.5) is 13.2 Å². The number of hydrogen-bond acceptors (Lipinski definition) is 1.